The molecule has 0 saturated carbocycles. The lowest BCUT2D eigenvalue weighted by Gasteiger charge is -2.10. The lowest BCUT2D eigenvalue weighted by molar-refractivity contribution is -0.130. The lowest BCUT2D eigenvalue weighted by atomic mass is 10.1. The molecular formula is C22H28N2O3. The molecule has 144 valence electrons. The average molecular weight is 368 g/mol. The quantitative estimate of drug-likeness (QED) is 0.553. The van der Waals surface area contributed by atoms with Crippen molar-refractivity contribution in [2.24, 2.45) is 0 Å². The van der Waals surface area contributed by atoms with Gasteiger partial charge in [0.25, 0.3) is 5.91 Å². The second kappa shape index (κ2) is 10.4. The van der Waals surface area contributed by atoms with Crippen molar-refractivity contribution in [3.63, 3.8) is 0 Å². The first-order valence-electron chi connectivity index (χ1n) is 9.27. The summed E-state index contributed by atoms with van der Waals surface area (Å²) in [5.41, 5.74) is 9.48. The fourth-order valence-corrected chi connectivity index (χ4v) is 2.77. The Morgan fingerprint density at radius 3 is 2.11 bits per heavy atom. The number of hydrogen-bond donors (Lipinski definition) is 2. The number of benzene rings is 2. The highest BCUT2D eigenvalue weighted by atomic mass is 16.5. The molecule has 2 N–H and O–H groups in total. The molecule has 0 aliphatic carbocycles. The van der Waals surface area contributed by atoms with E-state index in [-0.39, 0.29) is 18.4 Å². The highest BCUT2D eigenvalue weighted by Gasteiger charge is 2.06. The van der Waals surface area contributed by atoms with Gasteiger partial charge in [0.15, 0.2) is 6.61 Å². The van der Waals surface area contributed by atoms with Crippen LogP contribution in [-0.2, 0) is 16.0 Å². The number of ether oxygens (including phenoxy) is 1. The molecule has 0 aromatic heterocycles. The summed E-state index contributed by atoms with van der Waals surface area (Å²) in [7, 11) is 0. The van der Waals surface area contributed by atoms with Gasteiger partial charge in [0.2, 0.25) is 5.91 Å². The Balaban J connectivity index is 1.59. The van der Waals surface area contributed by atoms with Crippen molar-refractivity contribution in [2.75, 3.05) is 6.61 Å². The number of carbonyl (C=O) groups excluding carboxylic acids is 2. The van der Waals surface area contributed by atoms with Crippen molar-refractivity contribution >= 4 is 11.8 Å². The van der Waals surface area contributed by atoms with Crippen LogP contribution in [0, 0.1) is 20.8 Å². The zero-order valence-electron chi connectivity index (χ0n) is 16.3. The first kappa shape index (κ1) is 20.5. The number of unbranched alkanes of at least 4 members (excludes halogenated alkanes) is 1. The summed E-state index contributed by atoms with van der Waals surface area (Å²) in [6.07, 6.45) is 3.03. The summed E-state index contributed by atoms with van der Waals surface area (Å²) in [6, 6.07) is 14.2. The first-order valence-corrected chi connectivity index (χ1v) is 9.27. The molecule has 0 heterocycles. The van der Waals surface area contributed by atoms with Crippen LogP contribution in [0.4, 0.5) is 0 Å². The zero-order chi connectivity index (χ0) is 19.6. The molecule has 0 aliphatic heterocycles. The van der Waals surface area contributed by atoms with Gasteiger partial charge in [0.05, 0.1) is 0 Å². The van der Waals surface area contributed by atoms with Crippen LogP contribution < -0.4 is 15.6 Å². The topological polar surface area (TPSA) is 67.4 Å². The maximum Gasteiger partial charge on any atom is 0.276 e. The molecule has 2 aromatic rings. The number of aryl methyl sites for hydroxylation is 4. The fraction of sp³-hybridized carbons (Fsp3) is 0.364. The molecule has 2 amide bonds. The summed E-state index contributed by atoms with van der Waals surface area (Å²) in [5, 5.41) is 0. The Bertz CT molecular complexity index is 749. The molecular weight excluding hydrogens is 340 g/mol. The third-order valence-electron chi connectivity index (χ3n) is 4.15. The highest BCUT2D eigenvalue weighted by Crippen LogP contribution is 2.15. The Labute approximate surface area is 161 Å². The fourth-order valence-electron chi connectivity index (χ4n) is 2.77. The molecule has 0 atom stereocenters. The van der Waals surface area contributed by atoms with Crippen LogP contribution in [0.3, 0.4) is 0 Å². The normalized spacial score (nSPS) is 10.3. The number of hydrogen-bond acceptors (Lipinski definition) is 3. The predicted octanol–water partition coefficient (Wildman–Crippen LogP) is 3.55. The highest BCUT2D eigenvalue weighted by molar-refractivity contribution is 5.82. The van der Waals surface area contributed by atoms with E-state index < -0.39 is 0 Å². The van der Waals surface area contributed by atoms with Crippen LogP contribution >= 0.6 is 0 Å². The van der Waals surface area contributed by atoms with E-state index in [4.69, 9.17) is 4.74 Å². The molecule has 0 aliphatic rings. The largest absolute Gasteiger partial charge is 0.484 e. The molecule has 27 heavy (non-hydrogen) atoms. The Kier molecular flexibility index (Phi) is 7.86. The van der Waals surface area contributed by atoms with Crippen LogP contribution in [0.5, 0.6) is 5.75 Å². The molecule has 0 bridgehead atoms. The van der Waals surface area contributed by atoms with Crippen molar-refractivity contribution < 1.29 is 14.3 Å². The minimum absolute atomic E-state index is 0.142. The van der Waals surface area contributed by atoms with Gasteiger partial charge in [0, 0.05) is 6.42 Å². The smallest absolute Gasteiger partial charge is 0.276 e. The van der Waals surface area contributed by atoms with Crippen molar-refractivity contribution in [1.29, 1.82) is 0 Å². The SMILES string of the molecule is Cc1ccc(CCCCC(=O)NNC(=O)COc2cc(C)cc(C)c2)cc1. The first-order chi connectivity index (χ1) is 12.9. The molecule has 0 fully saturated rings. The average Bonchev–Trinajstić information content (AvgIpc) is 2.62. The molecule has 2 rings (SSSR count). The number of hydrazine groups is 1. The van der Waals surface area contributed by atoms with Gasteiger partial charge in [-0.3, -0.25) is 20.4 Å². The molecule has 5 nitrogen and oxygen atoms in total. The van der Waals surface area contributed by atoms with E-state index in [1.165, 1.54) is 11.1 Å². The molecule has 0 spiro atoms. The molecule has 2 aromatic carbocycles. The molecule has 0 radical (unpaired) electrons. The van der Waals surface area contributed by atoms with Crippen LogP contribution in [0.2, 0.25) is 0 Å². The van der Waals surface area contributed by atoms with E-state index in [9.17, 15) is 9.59 Å². The van der Waals surface area contributed by atoms with Crippen LogP contribution in [0.15, 0.2) is 42.5 Å². The number of amides is 2. The standard InChI is InChI=1S/C22H28N2O3/c1-16-8-10-19(11-9-16)6-4-5-7-21(25)23-24-22(26)15-27-20-13-17(2)12-18(3)14-20/h8-14H,4-7,15H2,1-3H3,(H,23,25)(H,24,26). The van der Waals surface area contributed by atoms with Crippen molar-refractivity contribution in [1.82, 2.24) is 10.9 Å². The van der Waals surface area contributed by atoms with E-state index in [0.717, 1.165) is 30.4 Å². The molecule has 5 heteroatoms. The van der Waals surface area contributed by atoms with Gasteiger partial charge in [-0.2, -0.15) is 0 Å². The number of nitrogens with one attached hydrogen (secondary N) is 2. The van der Waals surface area contributed by atoms with Gasteiger partial charge in [-0.25, -0.2) is 0 Å². The van der Waals surface area contributed by atoms with E-state index in [1.54, 1.807) is 0 Å². The van der Waals surface area contributed by atoms with Gasteiger partial charge >= 0.3 is 0 Å². The van der Waals surface area contributed by atoms with Crippen LogP contribution in [0.25, 0.3) is 0 Å². The third kappa shape index (κ3) is 7.94. The second-order valence-corrected chi connectivity index (χ2v) is 6.90. The van der Waals surface area contributed by atoms with Crippen molar-refractivity contribution in [3.05, 3.63) is 64.7 Å². The Morgan fingerprint density at radius 1 is 0.815 bits per heavy atom. The van der Waals surface area contributed by atoms with Crippen LogP contribution in [-0.4, -0.2) is 18.4 Å². The van der Waals surface area contributed by atoms with E-state index in [0.29, 0.717) is 12.2 Å². The minimum atomic E-state index is -0.387. The van der Waals surface area contributed by atoms with Crippen molar-refractivity contribution in [3.8, 4) is 5.75 Å². The van der Waals surface area contributed by atoms with E-state index in [1.807, 2.05) is 32.0 Å². The summed E-state index contributed by atoms with van der Waals surface area (Å²) in [4.78, 5) is 23.6. The van der Waals surface area contributed by atoms with Gasteiger partial charge in [-0.05, 0) is 68.9 Å². The van der Waals surface area contributed by atoms with Gasteiger partial charge in [0.1, 0.15) is 5.75 Å². The van der Waals surface area contributed by atoms with Crippen molar-refractivity contribution in [2.45, 2.75) is 46.5 Å². The number of carbonyl (C=O) groups is 2. The second-order valence-electron chi connectivity index (χ2n) is 6.90. The van der Waals surface area contributed by atoms with Gasteiger partial charge < -0.3 is 4.74 Å². The van der Waals surface area contributed by atoms with Crippen LogP contribution in [0.1, 0.15) is 41.5 Å². The van der Waals surface area contributed by atoms with Gasteiger partial charge in [-0.15, -0.1) is 0 Å². The summed E-state index contributed by atoms with van der Waals surface area (Å²) in [6.45, 7) is 5.87. The Morgan fingerprint density at radius 2 is 1.44 bits per heavy atom. The summed E-state index contributed by atoms with van der Waals surface area (Å²) in [5.74, 6) is 0.0610. The summed E-state index contributed by atoms with van der Waals surface area (Å²) >= 11 is 0. The third-order valence-corrected chi connectivity index (χ3v) is 4.15. The zero-order valence-corrected chi connectivity index (χ0v) is 16.3. The Hall–Kier alpha value is -2.82. The molecule has 0 unspecified atom stereocenters. The lowest BCUT2D eigenvalue weighted by Crippen LogP contribution is -2.43. The predicted molar refractivity (Wildman–Crippen MR) is 106 cm³/mol. The van der Waals surface area contributed by atoms with Gasteiger partial charge in [-0.1, -0.05) is 35.9 Å². The maximum atomic E-state index is 11.8. The maximum absolute atomic E-state index is 11.8. The number of rotatable bonds is 8. The monoisotopic (exact) mass is 368 g/mol. The van der Waals surface area contributed by atoms with E-state index >= 15 is 0 Å². The summed E-state index contributed by atoms with van der Waals surface area (Å²) < 4.78 is 5.45. The minimum Gasteiger partial charge on any atom is -0.484 e. The molecule has 0 saturated heterocycles. The van der Waals surface area contributed by atoms with E-state index in [2.05, 4.69) is 42.0 Å².